The molecule has 0 saturated carbocycles. The van der Waals surface area contributed by atoms with Crippen molar-refractivity contribution >= 4 is 34.9 Å². The molecule has 1 aromatic carbocycles. The number of nitrogens with one attached hydrogen (secondary N) is 1. The zero-order chi connectivity index (χ0) is 16.6. The van der Waals surface area contributed by atoms with Crippen molar-refractivity contribution in [1.29, 1.82) is 0 Å². The fourth-order valence-corrected chi connectivity index (χ4v) is 3.05. The Morgan fingerprint density at radius 3 is 2.96 bits per heavy atom. The number of carbonyl (C=O) groups is 1. The number of hydrogen-bond acceptors (Lipinski definition) is 5. The van der Waals surface area contributed by atoms with E-state index in [1.165, 1.54) is 12.1 Å². The van der Waals surface area contributed by atoms with Gasteiger partial charge in [-0.3, -0.25) is 20.0 Å². The maximum absolute atomic E-state index is 12.8. The van der Waals surface area contributed by atoms with Gasteiger partial charge in [-0.2, -0.15) is 5.10 Å². The highest BCUT2D eigenvalue weighted by Gasteiger charge is 2.28. The third-order valence-corrected chi connectivity index (χ3v) is 4.45. The molecule has 0 bridgehead atoms. The van der Waals surface area contributed by atoms with E-state index in [4.69, 9.17) is 5.73 Å². The first-order valence-electron chi connectivity index (χ1n) is 7.64. The van der Waals surface area contributed by atoms with Gasteiger partial charge in [0.2, 0.25) is 0 Å². The predicted octanol–water partition coefficient (Wildman–Crippen LogP) is 2.09. The van der Waals surface area contributed by atoms with Crippen LogP contribution in [0, 0.1) is 16.0 Å². The Hall–Kier alpha value is -2.19. The molecule has 0 aliphatic carbocycles. The van der Waals surface area contributed by atoms with Crippen molar-refractivity contribution in [3.8, 4) is 0 Å². The standard InChI is InChI=1S/C15H19N5O3.ClH/c1-9(16)10-3-2-6-19(8-10)15(21)14-12-7-11(20(22)23)4-5-13(12)17-18-14;/h4-5,7,9-10H,2-3,6,8,16H2,1H3,(H,17,18);1H. The molecule has 8 nitrogen and oxygen atoms in total. The summed E-state index contributed by atoms with van der Waals surface area (Å²) in [6, 6.07) is 4.38. The third kappa shape index (κ3) is 3.34. The van der Waals surface area contributed by atoms with E-state index in [9.17, 15) is 14.9 Å². The van der Waals surface area contributed by atoms with E-state index in [1.807, 2.05) is 6.92 Å². The summed E-state index contributed by atoms with van der Waals surface area (Å²) in [5.74, 6) is 0.0642. The molecule has 1 aliphatic heterocycles. The predicted molar refractivity (Wildman–Crippen MR) is 92.3 cm³/mol. The first-order valence-corrected chi connectivity index (χ1v) is 7.64. The molecule has 1 fully saturated rings. The van der Waals surface area contributed by atoms with Crippen LogP contribution in [0.5, 0.6) is 0 Å². The van der Waals surface area contributed by atoms with Gasteiger partial charge in [0.25, 0.3) is 11.6 Å². The van der Waals surface area contributed by atoms with E-state index in [1.54, 1.807) is 11.0 Å². The summed E-state index contributed by atoms with van der Waals surface area (Å²) in [6.45, 7) is 3.21. The van der Waals surface area contributed by atoms with Crippen LogP contribution in [0.1, 0.15) is 30.3 Å². The molecular weight excluding hydrogens is 334 g/mol. The smallest absolute Gasteiger partial charge is 0.275 e. The van der Waals surface area contributed by atoms with E-state index in [-0.39, 0.29) is 41.7 Å². The quantitative estimate of drug-likeness (QED) is 0.647. The highest BCUT2D eigenvalue weighted by molar-refractivity contribution is 6.05. The number of nitrogens with two attached hydrogens (primary N) is 1. The Balaban J connectivity index is 0.00000208. The largest absolute Gasteiger partial charge is 0.337 e. The first kappa shape index (κ1) is 18.2. The number of amides is 1. The Morgan fingerprint density at radius 2 is 2.29 bits per heavy atom. The molecule has 0 radical (unpaired) electrons. The minimum Gasteiger partial charge on any atom is -0.337 e. The average Bonchev–Trinajstić information content (AvgIpc) is 2.97. The summed E-state index contributed by atoms with van der Waals surface area (Å²) in [7, 11) is 0. The highest BCUT2D eigenvalue weighted by atomic mass is 35.5. The Kier molecular flexibility index (Phi) is 5.40. The molecule has 2 atom stereocenters. The summed E-state index contributed by atoms with van der Waals surface area (Å²) in [4.78, 5) is 25.0. The molecule has 2 unspecified atom stereocenters. The van der Waals surface area contributed by atoms with Crippen LogP contribution < -0.4 is 5.73 Å². The molecule has 24 heavy (non-hydrogen) atoms. The number of nitro benzene ring substituents is 1. The lowest BCUT2D eigenvalue weighted by Crippen LogP contribution is -2.45. The van der Waals surface area contributed by atoms with Crippen LogP contribution in [-0.4, -0.2) is 45.1 Å². The van der Waals surface area contributed by atoms with Crippen molar-refractivity contribution < 1.29 is 9.72 Å². The highest BCUT2D eigenvalue weighted by Crippen LogP contribution is 2.25. The van der Waals surface area contributed by atoms with Gasteiger partial charge >= 0.3 is 0 Å². The van der Waals surface area contributed by atoms with E-state index in [0.29, 0.717) is 24.0 Å². The first-order chi connectivity index (χ1) is 11.0. The van der Waals surface area contributed by atoms with Crippen molar-refractivity contribution in [2.75, 3.05) is 13.1 Å². The van der Waals surface area contributed by atoms with Crippen LogP contribution in [0.2, 0.25) is 0 Å². The summed E-state index contributed by atoms with van der Waals surface area (Å²) in [5, 5.41) is 18.2. The number of carbonyl (C=O) groups excluding carboxylic acids is 1. The SMILES string of the molecule is CC(N)C1CCCN(C(=O)c2n[nH]c3ccc([N+](=O)[O-])cc23)C1.Cl. The number of nitro groups is 1. The average molecular weight is 354 g/mol. The number of likely N-dealkylation sites (tertiary alicyclic amines) is 1. The minimum atomic E-state index is -0.478. The van der Waals surface area contributed by atoms with Gasteiger partial charge in [0.1, 0.15) is 0 Å². The maximum atomic E-state index is 12.8. The van der Waals surface area contributed by atoms with Crippen LogP contribution in [0.3, 0.4) is 0 Å². The molecule has 130 valence electrons. The van der Waals surface area contributed by atoms with Gasteiger partial charge in [-0.05, 0) is 31.7 Å². The molecule has 9 heteroatoms. The number of hydrogen-bond donors (Lipinski definition) is 2. The van der Waals surface area contributed by atoms with Gasteiger partial charge in [0.05, 0.1) is 10.4 Å². The van der Waals surface area contributed by atoms with Crippen LogP contribution in [-0.2, 0) is 0 Å². The van der Waals surface area contributed by atoms with E-state index >= 15 is 0 Å². The monoisotopic (exact) mass is 353 g/mol. The fraction of sp³-hybridized carbons (Fsp3) is 0.467. The molecule has 2 heterocycles. The lowest BCUT2D eigenvalue weighted by atomic mass is 9.92. The number of rotatable bonds is 3. The lowest BCUT2D eigenvalue weighted by molar-refractivity contribution is -0.384. The molecule has 1 aromatic heterocycles. The molecule has 3 rings (SSSR count). The molecular formula is C15H20ClN5O3. The number of benzene rings is 1. The number of aromatic amines is 1. The van der Waals surface area contributed by atoms with Crippen molar-refractivity contribution in [2.24, 2.45) is 11.7 Å². The van der Waals surface area contributed by atoms with Gasteiger partial charge in [-0.1, -0.05) is 0 Å². The number of fused-ring (bicyclic) bond motifs is 1. The molecule has 0 spiro atoms. The number of non-ortho nitro benzene ring substituents is 1. The van der Waals surface area contributed by atoms with Crippen molar-refractivity contribution in [2.45, 2.75) is 25.8 Å². The van der Waals surface area contributed by atoms with Crippen LogP contribution >= 0.6 is 12.4 Å². The van der Waals surface area contributed by atoms with Crippen molar-refractivity contribution in [3.05, 3.63) is 34.0 Å². The fourth-order valence-electron chi connectivity index (χ4n) is 3.05. The van der Waals surface area contributed by atoms with Gasteiger partial charge in [-0.15, -0.1) is 12.4 Å². The van der Waals surface area contributed by atoms with Gasteiger partial charge in [0.15, 0.2) is 5.69 Å². The topological polar surface area (TPSA) is 118 Å². The van der Waals surface area contributed by atoms with E-state index in [0.717, 1.165) is 12.8 Å². The van der Waals surface area contributed by atoms with E-state index < -0.39 is 4.92 Å². The van der Waals surface area contributed by atoms with Gasteiger partial charge in [-0.25, -0.2) is 0 Å². The molecule has 1 aliphatic rings. The Bertz CT molecular complexity index is 761. The lowest BCUT2D eigenvalue weighted by Gasteiger charge is -2.34. The maximum Gasteiger partial charge on any atom is 0.275 e. The molecule has 1 saturated heterocycles. The normalized spacial score (nSPS) is 18.9. The summed E-state index contributed by atoms with van der Waals surface area (Å²) in [6.07, 6.45) is 1.91. The summed E-state index contributed by atoms with van der Waals surface area (Å²) < 4.78 is 0. The number of halogens is 1. The third-order valence-electron chi connectivity index (χ3n) is 4.45. The van der Waals surface area contributed by atoms with E-state index in [2.05, 4.69) is 10.2 Å². The molecule has 2 aromatic rings. The van der Waals surface area contributed by atoms with Gasteiger partial charge in [0, 0.05) is 36.7 Å². The van der Waals surface area contributed by atoms with Crippen LogP contribution in [0.15, 0.2) is 18.2 Å². The van der Waals surface area contributed by atoms with Crippen LogP contribution in [0.4, 0.5) is 5.69 Å². The summed E-state index contributed by atoms with van der Waals surface area (Å²) >= 11 is 0. The number of aromatic nitrogens is 2. The second-order valence-corrected chi connectivity index (χ2v) is 6.07. The zero-order valence-electron chi connectivity index (χ0n) is 13.3. The minimum absolute atomic E-state index is 0. The number of piperidine rings is 1. The van der Waals surface area contributed by atoms with Crippen molar-refractivity contribution in [3.63, 3.8) is 0 Å². The second kappa shape index (κ2) is 7.14. The summed E-state index contributed by atoms with van der Waals surface area (Å²) in [5.41, 5.74) is 6.74. The van der Waals surface area contributed by atoms with Crippen LogP contribution in [0.25, 0.3) is 10.9 Å². The zero-order valence-corrected chi connectivity index (χ0v) is 14.1. The Morgan fingerprint density at radius 1 is 1.54 bits per heavy atom. The van der Waals surface area contributed by atoms with Crippen molar-refractivity contribution in [1.82, 2.24) is 15.1 Å². The number of nitrogens with zero attached hydrogens (tertiary/aromatic N) is 3. The number of H-pyrrole nitrogens is 1. The molecule has 1 amide bonds. The van der Waals surface area contributed by atoms with Gasteiger partial charge < -0.3 is 10.6 Å². The Labute approximate surface area is 144 Å². The molecule has 3 N–H and O–H groups in total. The second-order valence-electron chi connectivity index (χ2n) is 6.07.